The number of benzene rings is 2. The fourth-order valence-electron chi connectivity index (χ4n) is 4.46. The van der Waals surface area contributed by atoms with Gasteiger partial charge in [-0.3, -0.25) is 19.6 Å². The minimum Gasteiger partial charge on any atom is -0.496 e. The largest absolute Gasteiger partial charge is 0.496 e. The van der Waals surface area contributed by atoms with Crippen LogP contribution in [0.15, 0.2) is 64.1 Å². The van der Waals surface area contributed by atoms with E-state index in [0.717, 1.165) is 39.4 Å². The molecule has 4 aromatic rings. The van der Waals surface area contributed by atoms with Crippen LogP contribution in [0, 0.1) is 13.8 Å². The number of aromatic nitrogens is 2. The molecule has 0 unspecified atom stereocenters. The molecule has 0 fully saturated rings. The van der Waals surface area contributed by atoms with Gasteiger partial charge in [0.2, 0.25) is 0 Å². The molecule has 0 spiro atoms. The van der Waals surface area contributed by atoms with E-state index in [4.69, 9.17) is 14.1 Å². The van der Waals surface area contributed by atoms with Crippen molar-refractivity contribution in [2.24, 2.45) is 4.99 Å². The highest BCUT2D eigenvalue weighted by Crippen LogP contribution is 2.32. The molecule has 9 heteroatoms. The first kappa shape index (κ1) is 24.9. The van der Waals surface area contributed by atoms with Crippen LogP contribution in [0.3, 0.4) is 0 Å². The minimum absolute atomic E-state index is 0.181. The van der Waals surface area contributed by atoms with Gasteiger partial charge in [-0.1, -0.05) is 18.2 Å². The van der Waals surface area contributed by atoms with Gasteiger partial charge in [-0.25, -0.2) is 4.98 Å². The maximum absolute atomic E-state index is 13.1. The zero-order valence-corrected chi connectivity index (χ0v) is 21.8. The van der Waals surface area contributed by atoms with Crippen molar-refractivity contribution in [2.75, 3.05) is 26.5 Å². The molecule has 0 bridgehead atoms. The summed E-state index contributed by atoms with van der Waals surface area (Å²) in [6.07, 6.45) is 1.78. The van der Waals surface area contributed by atoms with E-state index in [1.54, 1.807) is 53.4 Å². The summed E-state index contributed by atoms with van der Waals surface area (Å²) in [6, 6.07) is 15.1. The molecule has 1 aliphatic heterocycles. The van der Waals surface area contributed by atoms with E-state index >= 15 is 0 Å². The molecule has 2 amide bonds. The lowest BCUT2D eigenvalue weighted by Crippen LogP contribution is -2.24. The summed E-state index contributed by atoms with van der Waals surface area (Å²) in [7, 11) is 4.97. The summed E-state index contributed by atoms with van der Waals surface area (Å²) in [5.74, 6) is 0.847. The second kappa shape index (κ2) is 9.93. The van der Waals surface area contributed by atoms with E-state index in [-0.39, 0.29) is 11.6 Å². The first-order valence-electron chi connectivity index (χ1n) is 12.1. The average Bonchev–Trinajstić information content (AvgIpc) is 3.49. The molecule has 5 rings (SSSR count). The number of carbonyl (C=O) groups is 2. The third-order valence-electron chi connectivity index (χ3n) is 6.33. The number of carbonyl (C=O) groups excluding carboxylic acids is 2. The molecule has 0 atom stereocenters. The lowest BCUT2D eigenvalue weighted by Gasteiger charge is -2.16. The number of rotatable bonds is 6. The number of amides is 2. The highest BCUT2D eigenvalue weighted by molar-refractivity contribution is 6.17. The van der Waals surface area contributed by atoms with E-state index < -0.39 is 5.91 Å². The second-order valence-electron chi connectivity index (χ2n) is 9.14. The van der Waals surface area contributed by atoms with Crippen molar-refractivity contribution in [3.63, 3.8) is 0 Å². The number of pyridine rings is 1. The third-order valence-corrected chi connectivity index (χ3v) is 6.33. The van der Waals surface area contributed by atoms with Gasteiger partial charge in [0, 0.05) is 43.9 Å². The second-order valence-corrected chi connectivity index (χ2v) is 9.14. The van der Waals surface area contributed by atoms with Crippen molar-refractivity contribution in [1.29, 1.82) is 0 Å². The zero-order chi connectivity index (χ0) is 27.0. The van der Waals surface area contributed by atoms with Crippen molar-refractivity contribution < 1.29 is 18.7 Å². The number of nitrogens with zero attached hydrogens (tertiary/aromatic N) is 4. The highest BCUT2D eigenvalue weighted by atomic mass is 16.5. The Kier molecular flexibility index (Phi) is 6.50. The van der Waals surface area contributed by atoms with Crippen molar-refractivity contribution in [1.82, 2.24) is 14.9 Å². The van der Waals surface area contributed by atoms with Crippen LogP contribution in [-0.4, -0.2) is 53.6 Å². The van der Waals surface area contributed by atoms with E-state index in [1.165, 1.54) is 4.90 Å². The molecule has 0 aliphatic carbocycles. The van der Waals surface area contributed by atoms with Crippen LogP contribution in [0.2, 0.25) is 0 Å². The molecule has 0 saturated carbocycles. The number of hydrogen-bond donors (Lipinski definition) is 1. The summed E-state index contributed by atoms with van der Waals surface area (Å²) in [4.78, 5) is 41.0. The van der Waals surface area contributed by atoms with Crippen LogP contribution in [0.25, 0.3) is 11.1 Å². The normalized spacial score (nSPS) is 12.1. The van der Waals surface area contributed by atoms with E-state index in [1.807, 2.05) is 36.4 Å². The molecule has 1 aliphatic rings. The topological polar surface area (TPSA) is 110 Å². The van der Waals surface area contributed by atoms with Gasteiger partial charge in [0.05, 0.1) is 36.3 Å². The van der Waals surface area contributed by atoms with Crippen LogP contribution in [-0.2, 0) is 6.54 Å². The van der Waals surface area contributed by atoms with E-state index in [0.29, 0.717) is 29.4 Å². The Morgan fingerprint density at radius 2 is 1.82 bits per heavy atom. The summed E-state index contributed by atoms with van der Waals surface area (Å²) in [5.41, 5.74) is 6.01. The lowest BCUT2D eigenvalue weighted by molar-refractivity contribution is 0.0828. The number of aliphatic imine (C=N–C) groups is 1. The van der Waals surface area contributed by atoms with Gasteiger partial charge in [-0.15, -0.1) is 0 Å². The SMILES string of the molecule is COc1ccccc1C1=NCc2ncc(-c3ccc(NC(=O)c4nc(C)oc4C)c(C(=O)N(C)C)c3)cc21. The fourth-order valence-corrected chi connectivity index (χ4v) is 4.46. The number of anilines is 1. The summed E-state index contributed by atoms with van der Waals surface area (Å²) < 4.78 is 10.9. The number of aryl methyl sites for hydroxylation is 2. The summed E-state index contributed by atoms with van der Waals surface area (Å²) in [6.45, 7) is 3.83. The van der Waals surface area contributed by atoms with Crippen LogP contribution >= 0.6 is 0 Å². The quantitative estimate of drug-likeness (QED) is 0.405. The molecule has 0 radical (unpaired) electrons. The van der Waals surface area contributed by atoms with Crippen molar-refractivity contribution in [3.05, 3.63) is 94.5 Å². The Hall–Kier alpha value is -4.79. The first-order chi connectivity index (χ1) is 18.3. The molecule has 2 aromatic carbocycles. The monoisotopic (exact) mass is 509 g/mol. The molecule has 9 nitrogen and oxygen atoms in total. The van der Waals surface area contributed by atoms with E-state index in [9.17, 15) is 9.59 Å². The summed E-state index contributed by atoms with van der Waals surface area (Å²) >= 11 is 0. The molecule has 1 N–H and O–H groups in total. The molecular formula is C29H27N5O4. The van der Waals surface area contributed by atoms with Gasteiger partial charge in [0.1, 0.15) is 11.5 Å². The smallest absolute Gasteiger partial charge is 0.277 e. The van der Waals surface area contributed by atoms with Crippen molar-refractivity contribution in [3.8, 4) is 16.9 Å². The average molecular weight is 510 g/mol. The van der Waals surface area contributed by atoms with Crippen molar-refractivity contribution in [2.45, 2.75) is 20.4 Å². The molecule has 0 saturated heterocycles. The van der Waals surface area contributed by atoms with Crippen molar-refractivity contribution >= 4 is 23.2 Å². The predicted octanol–water partition coefficient (Wildman–Crippen LogP) is 4.67. The van der Waals surface area contributed by atoms with Gasteiger partial charge < -0.3 is 19.4 Å². The van der Waals surface area contributed by atoms with Crippen LogP contribution in [0.1, 0.15) is 49.3 Å². The Morgan fingerprint density at radius 3 is 2.53 bits per heavy atom. The number of para-hydroxylation sites is 1. The highest BCUT2D eigenvalue weighted by Gasteiger charge is 2.24. The van der Waals surface area contributed by atoms with Crippen LogP contribution < -0.4 is 10.1 Å². The Bertz CT molecular complexity index is 1600. The van der Waals surface area contributed by atoms with Gasteiger partial charge in [-0.2, -0.15) is 0 Å². The summed E-state index contributed by atoms with van der Waals surface area (Å²) in [5, 5.41) is 2.82. The lowest BCUT2D eigenvalue weighted by atomic mass is 9.97. The van der Waals surface area contributed by atoms with Crippen LogP contribution in [0.5, 0.6) is 5.75 Å². The Labute approximate surface area is 220 Å². The van der Waals surface area contributed by atoms with Gasteiger partial charge >= 0.3 is 0 Å². The van der Waals surface area contributed by atoms with Gasteiger partial charge in [0.25, 0.3) is 11.8 Å². The molecule has 2 aromatic heterocycles. The molecule has 192 valence electrons. The fraction of sp³-hybridized carbons (Fsp3) is 0.207. The zero-order valence-electron chi connectivity index (χ0n) is 21.8. The molecular weight excluding hydrogens is 482 g/mol. The Balaban J connectivity index is 1.53. The maximum Gasteiger partial charge on any atom is 0.277 e. The predicted molar refractivity (Wildman–Crippen MR) is 144 cm³/mol. The number of ether oxygens (including phenoxy) is 1. The number of methoxy groups -OCH3 is 1. The van der Waals surface area contributed by atoms with E-state index in [2.05, 4.69) is 15.3 Å². The number of nitrogens with one attached hydrogen (secondary N) is 1. The third kappa shape index (κ3) is 4.54. The standard InChI is InChI=1S/C29H27N5O4/c1-16-26(32-17(2)38-16)28(35)33-23-11-10-18(12-22(23)29(36)34(3)4)19-13-21-24(30-14-19)15-31-27(21)20-8-6-7-9-25(20)37-5/h6-14H,15H2,1-5H3,(H,33,35). The first-order valence-corrected chi connectivity index (χ1v) is 12.1. The van der Waals surface area contributed by atoms with Gasteiger partial charge in [-0.05, 0) is 42.8 Å². The number of fused-ring (bicyclic) bond motifs is 1. The van der Waals surface area contributed by atoms with Crippen LogP contribution in [0.4, 0.5) is 5.69 Å². The number of hydrogen-bond acceptors (Lipinski definition) is 7. The van der Waals surface area contributed by atoms with Gasteiger partial charge in [0.15, 0.2) is 11.6 Å². The number of oxazole rings is 1. The molecule has 38 heavy (non-hydrogen) atoms. The maximum atomic E-state index is 13.1. The Morgan fingerprint density at radius 1 is 1.03 bits per heavy atom. The molecule has 3 heterocycles. The minimum atomic E-state index is -0.447.